The van der Waals surface area contributed by atoms with Gasteiger partial charge in [0.2, 0.25) is 5.76 Å². The zero-order chi connectivity index (χ0) is 20.8. The quantitative estimate of drug-likeness (QED) is 0.429. The Hall–Kier alpha value is -3.25. The molecule has 1 amide bonds. The van der Waals surface area contributed by atoms with Gasteiger partial charge in [-0.1, -0.05) is 23.8 Å². The SMILES string of the molecule is CSc1ccc([C@@H]2c3c(oc4ccc(C)cc4c3=O)C(=O)N2Cc2ccco2)cc1. The maximum Gasteiger partial charge on any atom is 0.291 e. The van der Waals surface area contributed by atoms with Crippen LogP contribution in [0.3, 0.4) is 0 Å². The second-order valence-corrected chi connectivity index (χ2v) is 8.24. The Morgan fingerprint density at radius 3 is 2.57 bits per heavy atom. The summed E-state index contributed by atoms with van der Waals surface area (Å²) in [6.07, 6.45) is 3.58. The molecule has 1 aliphatic rings. The lowest BCUT2D eigenvalue weighted by molar-refractivity contribution is 0.0701. The molecule has 0 spiro atoms. The van der Waals surface area contributed by atoms with E-state index in [4.69, 9.17) is 8.83 Å². The van der Waals surface area contributed by atoms with E-state index < -0.39 is 6.04 Å². The molecule has 0 fully saturated rings. The molecule has 0 saturated heterocycles. The van der Waals surface area contributed by atoms with E-state index in [0.717, 1.165) is 16.0 Å². The molecular formula is C24H19NO4S. The van der Waals surface area contributed by atoms with Crippen molar-refractivity contribution < 1.29 is 13.6 Å². The van der Waals surface area contributed by atoms with Crippen LogP contribution >= 0.6 is 11.8 Å². The number of thioether (sulfide) groups is 1. The zero-order valence-corrected chi connectivity index (χ0v) is 17.4. The van der Waals surface area contributed by atoms with Crippen LogP contribution in [0.15, 0.2) is 79.4 Å². The lowest BCUT2D eigenvalue weighted by Gasteiger charge is -2.24. The molecule has 2 aromatic carbocycles. The molecule has 1 atom stereocenters. The fourth-order valence-corrected chi connectivity index (χ4v) is 4.41. The van der Waals surface area contributed by atoms with Crippen LogP contribution in [-0.2, 0) is 6.54 Å². The van der Waals surface area contributed by atoms with Crippen LogP contribution in [0.4, 0.5) is 0 Å². The maximum absolute atomic E-state index is 13.5. The molecule has 0 saturated carbocycles. The van der Waals surface area contributed by atoms with Crippen LogP contribution in [0.1, 0.15) is 39.0 Å². The lowest BCUT2D eigenvalue weighted by Crippen LogP contribution is -2.29. The van der Waals surface area contributed by atoms with Crippen molar-refractivity contribution in [2.24, 2.45) is 0 Å². The number of carbonyl (C=O) groups excluding carboxylic acids is 1. The molecule has 6 heteroatoms. The van der Waals surface area contributed by atoms with E-state index in [-0.39, 0.29) is 23.6 Å². The van der Waals surface area contributed by atoms with Gasteiger partial charge in [0.1, 0.15) is 11.3 Å². The Morgan fingerprint density at radius 1 is 1.07 bits per heavy atom. The van der Waals surface area contributed by atoms with Gasteiger partial charge in [0.25, 0.3) is 5.91 Å². The summed E-state index contributed by atoms with van der Waals surface area (Å²) in [5.74, 6) is 0.455. The standard InChI is InChI=1S/C24H19NO4S/c1-14-5-10-19-18(12-14)22(26)20-21(15-6-8-17(30-2)9-7-15)25(24(27)23(20)29-19)13-16-4-3-11-28-16/h3-12,21H,13H2,1-2H3/t21-/m1/s1. The summed E-state index contributed by atoms with van der Waals surface area (Å²) < 4.78 is 11.5. The number of benzene rings is 2. The van der Waals surface area contributed by atoms with Crippen molar-refractivity contribution in [1.29, 1.82) is 0 Å². The van der Waals surface area contributed by atoms with Gasteiger partial charge in [-0.15, -0.1) is 11.8 Å². The minimum absolute atomic E-state index is 0.113. The molecule has 2 aromatic heterocycles. The number of fused-ring (bicyclic) bond motifs is 2. The number of hydrogen-bond donors (Lipinski definition) is 0. The average molecular weight is 417 g/mol. The van der Waals surface area contributed by atoms with Crippen molar-refractivity contribution in [1.82, 2.24) is 4.90 Å². The third-order valence-corrected chi connectivity index (χ3v) is 6.20. The Balaban J connectivity index is 1.73. The molecule has 0 unspecified atom stereocenters. The zero-order valence-electron chi connectivity index (χ0n) is 16.5. The van der Waals surface area contributed by atoms with E-state index >= 15 is 0 Å². The molecule has 5 nitrogen and oxygen atoms in total. The van der Waals surface area contributed by atoms with E-state index in [1.54, 1.807) is 35.1 Å². The highest BCUT2D eigenvalue weighted by atomic mass is 32.2. The number of nitrogens with zero attached hydrogens (tertiary/aromatic N) is 1. The van der Waals surface area contributed by atoms with Crippen LogP contribution in [0.5, 0.6) is 0 Å². The van der Waals surface area contributed by atoms with E-state index in [0.29, 0.717) is 22.3 Å². The van der Waals surface area contributed by atoms with Gasteiger partial charge in [0.15, 0.2) is 5.43 Å². The molecule has 0 N–H and O–H groups in total. The number of aryl methyl sites for hydroxylation is 1. The van der Waals surface area contributed by atoms with Crippen molar-refractivity contribution in [2.45, 2.75) is 24.4 Å². The van der Waals surface area contributed by atoms with Gasteiger partial charge >= 0.3 is 0 Å². The topological polar surface area (TPSA) is 63.7 Å². The van der Waals surface area contributed by atoms with Crippen molar-refractivity contribution in [3.63, 3.8) is 0 Å². The first-order valence-corrected chi connectivity index (χ1v) is 10.8. The Morgan fingerprint density at radius 2 is 1.87 bits per heavy atom. The highest BCUT2D eigenvalue weighted by Gasteiger charge is 2.43. The van der Waals surface area contributed by atoms with Crippen LogP contribution < -0.4 is 5.43 Å². The molecule has 0 aliphatic carbocycles. The van der Waals surface area contributed by atoms with E-state index in [9.17, 15) is 9.59 Å². The molecular weight excluding hydrogens is 398 g/mol. The number of carbonyl (C=O) groups is 1. The van der Waals surface area contributed by atoms with Gasteiger partial charge in [-0.3, -0.25) is 9.59 Å². The van der Waals surface area contributed by atoms with Crippen LogP contribution in [-0.4, -0.2) is 17.1 Å². The summed E-state index contributed by atoms with van der Waals surface area (Å²) in [4.78, 5) is 29.6. The monoisotopic (exact) mass is 417 g/mol. The normalized spacial score (nSPS) is 15.7. The Kier molecular flexibility index (Phi) is 4.51. The number of furan rings is 1. The summed E-state index contributed by atoms with van der Waals surface area (Å²) in [5, 5.41) is 0.493. The van der Waals surface area contributed by atoms with Crippen LogP contribution in [0.25, 0.3) is 11.0 Å². The summed E-state index contributed by atoms with van der Waals surface area (Å²) in [7, 11) is 0. The summed E-state index contributed by atoms with van der Waals surface area (Å²) in [5.41, 5.74) is 2.48. The predicted octanol–water partition coefficient (Wildman–Crippen LogP) is 5.16. The van der Waals surface area contributed by atoms with Gasteiger partial charge in [-0.2, -0.15) is 0 Å². The van der Waals surface area contributed by atoms with Gasteiger partial charge in [0.05, 0.1) is 29.8 Å². The van der Waals surface area contributed by atoms with Crippen molar-refractivity contribution >= 4 is 28.6 Å². The molecule has 4 aromatic rings. The van der Waals surface area contributed by atoms with E-state index in [1.807, 2.05) is 55.6 Å². The molecule has 3 heterocycles. The number of amides is 1. The fourth-order valence-electron chi connectivity index (χ4n) is 4.00. The third-order valence-electron chi connectivity index (χ3n) is 5.46. The predicted molar refractivity (Wildman–Crippen MR) is 116 cm³/mol. The summed E-state index contributed by atoms with van der Waals surface area (Å²) in [6.45, 7) is 2.18. The van der Waals surface area contributed by atoms with Crippen LogP contribution in [0.2, 0.25) is 0 Å². The van der Waals surface area contributed by atoms with Crippen molar-refractivity contribution in [3.05, 3.63) is 99.3 Å². The molecule has 5 rings (SSSR count). The molecule has 0 bridgehead atoms. The number of hydrogen-bond acceptors (Lipinski definition) is 5. The minimum Gasteiger partial charge on any atom is -0.467 e. The second kappa shape index (κ2) is 7.22. The Bertz CT molecular complexity index is 1310. The average Bonchev–Trinajstić information content (AvgIpc) is 3.37. The van der Waals surface area contributed by atoms with Crippen molar-refractivity contribution in [2.75, 3.05) is 6.26 Å². The smallest absolute Gasteiger partial charge is 0.291 e. The minimum atomic E-state index is -0.533. The highest BCUT2D eigenvalue weighted by molar-refractivity contribution is 7.98. The first-order valence-electron chi connectivity index (χ1n) is 9.61. The van der Waals surface area contributed by atoms with Crippen LogP contribution in [0, 0.1) is 6.92 Å². The summed E-state index contributed by atoms with van der Waals surface area (Å²) in [6, 6.07) is 16.4. The molecule has 30 heavy (non-hydrogen) atoms. The second-order valence-electron chi connectivity index (χ2n) is 7.36. The molecule has 150 valence electrons. The van der Waals surface area contributed by atoms with Gasteiger partial charge in [-0.25, -0.2) is 0 Å². The first-order chi connectivity index (χ1) is 14.6. The third kappa shape index (κ3) is 2.95. The summed E-state index contributed by atoms with van der Waals surface area (Å²) >= 11 is 1.64. The first kappa shape index (κ1) is 18.8. The lowest BCUT2D eigenvalue weighted by atomic mass is 9.98. The molecule has 1 aliphatic heterocycles. The van der Waals surface area contributed by atoms with Gasteiger partial charge in [-0.05, 0) is 55.1 Å². The Labute approximate surface area is 177 Å². The van der Waals surface area contributed by atoms with E-state index in [1.165, 1.54) is 0 Å². The molecule has 0 radical (unpaired) electrons. The van der Waals surface area contributed by atoms with Gasteiger partial charge < -0.3 is 13.7 Å². The van der Waals surface area contributed by atoms with Gasteiger partial charge in [0, 0.05) is 4.90 Å². The van der Waals surface area contributed by atoms with Crippen molar-refractivity contribution in [3.8, 4) is 0 Å². The highest BCUT2D eigenvalue weighted by Crippen LogP contribution is 2.39. The fraction of sp³-hybridized carbons (Fsp3) is 0.167. The van der Waals surface area contributed by atoms with E-state index in [2.05, 4.69) is 0 Å². The number of rotatable bonds is 4. The maximum atomic E-state index is 13.5. The largest absolute Gasteiger partial charge is 0.467 e.